The molecule has 2 aromatic heterocycles. The Morgan fingerprint density at radius 3 is 2.79 bits per heavy atom. The first-order chi connectivity index (χ1) is 8.93. The Hall–Kier alpha value is -1.43. The molecule has 2 aromatic rings. The van der Waals surface area contributed by atoms with E-state index in [2.05, 4.69) is 15.0 Å². The molecule has 3 heterocycles. The van der Waals surface area contributed by atoms with Crippen molar-refractivity contribution in [2.24, 2.45) is 5.92 Å². The van der Waals surface area contributed by atoms with Crippen molar-refractivity contribution in [2.75, 3.05) is 0 Å². The van der Waals surface area contributed by atoms with Crippen LogP contribution < -0.4 is 0 Å². The van der Waals surface area contributed by atoms with E-state index in [0.717, 1.165) is 12.1 Å². The van der Waals surface area contributed by atoms with E-state index in [9.17, 15) is 8.42 Å². The molecule has 3 rings (SSSR count). The molecule has 102 valence electrons. The van der Waals surface area contributed by atoms with Gasteiger partial charge in [0.25, 0.3) is 0 Å². The summed E-state index contributed by atoms with van der Waals surface area (Å²) in [4.78, 5) is 12.0. The standard InChI is InChI=1S/C13H17N3O2S/c1-4-8-5-9-12(14-8)15-10-6-11(7(2)3)19(17,18)13(10)16-9/h5,7,11H,4,6H2,1-3H3,(H,14,15). The summed E-state index contributed by atoms with van der Waals surface area (Å²) >= 11 is 0. The second kappa shape index (κ2) is 4.03. The zero-order valence-electron chi connectivity index (χ0n) is 11.3. The van der Waals surface area contributed by atoms with Crippen LogP contribution in [0.1, 0.15) is 32.2 Å². The fourth-order valence-electron chi connectivity index (χ4n) is 2.60. The first-order valence-electron chi connectivity index (χ1n) is 6.56. The molecule has 0 amide bonds. The second-order valence-corrected chi connectivity index (χ2v) is 7.47. The molecule has 1 atom stereocenters. The number of hydrogen-bond acceptors (Lipinski definition) is 4. The molecule has 1 aliphatic rings. The van der Waals surface area contributed by atoms with Gasteiger partial charge in [-0.1, -0.05) is 20.8 Å². The Morgan fingerprint density at radius 1 is 1.42 bits per heavy atom. The third kappa shape index (κ3) is 1.77. The molecule has 0 spiro atoms. The molecule has 19 heavy (non-hydrogen) atoms. The van der Waals surface area contributed by atoms with E-state index in [1.165, 1.54) is 0 Å². The van der Waals surface area contributed by atoms with Crippen LogP contribution in [0.4, 0.5) is 0 Å². The number of H-pyrrole nitrogens is 1. The number of sulfone groups is 1. The lowest BCUT2D eigenvalue weighted by molar-refractivity contribution is 0.540. The average molecular weight is 279 g/mol. The normalized spacial score (nSPS) is 21.2. The number of aryl methyl sites for hydroxylation is 1. The molecular formula is C13H17N3O2S. The molecule has 0 fully saturated rings. The molecule has 1 N–H and O–H groups in total. The maximum Gasteiger partial charge on any atom is 0.200 e. The minimum absolute atomic E-state index is 0.0746. The summed E-state index contributed by atoms with van der Waals surface area (Å²) < 4.78 is 24.9. The molecule has 0 bridgehead atoms. The maximum absolute atomic E-state index is 12.4. The number of nitrogens with zero attached hydrogens (tertiary/aromatic N) is 2. The molecule has 0 aliphatic carbocycles. The second-order valence-electron chi connectivity index (χ2n) is 5.39. The monoisotopic (exact) mass is 279 g/mol. The van der Waals surface area contributed by atoms with Gasteiger partial charge >= 0.3 is 0 Å². The third-order valence-corrected chi connectivity index (χ3v) is 6.11. The summed E-state index contributed by atoms with van der Waals surface area (Å²) in [5, 5.41) is -0.208. The smallest absolute Gasteiger partial charge is 0.200 e. The lowest BCUT2D eigenvalue weighted by Crippen LogP contribution is -2.23. The maximum atomic E-state index is 12.4. The quantitative estimate of drug-likeness (QED) is 0.910. The number of aromatic amines is 1. The topological polar surface area (TPSA) is 75.7 Å². The fraction of sp³-hybridized carbons (Fsp3) is 0.538. The summed E-state index contributed by atoms with van der Waals surface area (Å²) in [5.74, 6) is 0.0746. The van der Waals surface area contributed by atoms with Crippen molar-refractivity contribution >= 4 is 21.0 Å². The van der Waals surface area contributed by atoms with Gasteiger partial charge in [0.05, 0.1) is 10.9 Å². The van der Waals surface area contributed by atoms with Gasteiger partial charge < -0.3 is 4.98 Å². The predicted octanol–water partition coefficient (Wildman–Crippen LogP) is 1.87. The van der Waals surface area contributed by atoms with E-state index < -0.39 is 9.84 Å². The lowest BCUT2D eigenvalue weighted by atomic mass is 10.1. The highest BCUT2D eigenvalue weighted by Crippen LogP contribution is 2.33. The van der Waals surface area contributed by atoms with Crippen molar-refractivity contribution < 1.29 is 8.42 Å². The Kier molecular flexibility index (Phi) is 2.67. The number of fused-ring (bicyclic) bond motifs is 2. The van der Waals surface area contributed by atoms with Crippen molar-refractivity contribution in [1.82, 2.24) is 15.0 Å². The first kappa shape index (κ1) is 12.6. The van der Waals surface area contributed by atoms with Crippen molar-refractivity contribution in [3.05, 3.63) is 17.5 Å². The summed E-state index contributed by atoms with van der Waals surface area (Å²) in [6.07, 6.45) is 1.32. The Balaban J connectivity index is 2.21. The van der Waals surface area contributed by atoms with Crippen LogP contribution in [0.25, 0.3) is 11.2 Å². The molecular weight excluding hydrogens is 262 g/mol. The number of aromatic nitrogens is 3. The van der Waals surface area contributed by atoms with Crippen LogP contribution in [0.3, 0.4) is 0 Å². The number of nitrogens with one attached hydrogen (secondary N) is 1. The minimum atomic E-state index is -3.32. The Labute approximate surface area is 112 Å². The highest BCUT2D eigenvalue weighted by atomic mass is 32.2. The van der Waals surface area contributed by atoms with E-state index in [4.69, 9.17) is 0 Å². The van der Waals surface area contributed by atoms with Crippen LogP contribution in [0.2, 0.25) is 0 Å². The minimum Gasteiger partial charge on any atom is -0.342 e. The van der Waals surface area contributed by atoms with Crippen LogP contribution in [0.15, 0.2) is 11.1 Å². The van der Waals surface area contributed by atoms with Crippen molar-refractivity contribution in [1.29, 1.82) is 0 Å². The van der Waals surface area contributed by atoms with Crippen molar-refractivity contribution in [3.8, 4) is 0 Å². The van der Waals surface area contributed by atoms with Gasteiger partial charge in [0.2, 0.25) is 9.84 Å². The van der Waals surface area contributed by atoms with E-state index in [1.807, 2.05) is 26.8 Å². The van der Waals surface area contributed by atoms with Crippen LogP contribution in [0.5, 0.6) is 0 Å². The molecule has 0 aromatic carbocycles. The van der Waals surface area contributed by atoms with Crippen LogP contribution >= 0.6 is 0 Å². The highest BCUT2D eigenvalue weighted by Gasteiger charge is 2.41. The van der Waals surface area contributed by atoms with Gasteiger partial charge in [-0.3, -0.25) is 0 Å². The fourth-order valence-corrected chi connectivity index (χ4v) is 4.67. The Morgan fingerprint density at radius 2 is 2.16 bits per heavy atom. The van der Waals surface area contributed by atoms with Gasteiger partial charge in [0.15, 0.2) is 10.7 Å². The van der Waals surface area contributed by atoms with Gasteiger partial charge in [-0.05, 0) is 18.4 Å². The number of rotatable bonds is 2. The van der Waals surface area contributed by atoms with Crippen LogP contribution in [-0.4, -0.2) is 28.6 Å². The zero-order chi connectivity index (χ0) is 13.8. The van der Waals surface area contributed by atoms with E-state index in [-0.39, 0.29) is 16.2 Å². The van der Waals surface area contributed by atoms with Gasteiger partial charge in [-0.25, -0.2) is 18.4 Å². The summed E-state index contributed by atoms with van der Waals surface area (Å²) in [6, 6.07) is 1.88. The first-order valence-corrected chi connectivity index (χ1v) is 8.10. The molecule has 0 saturated carbocycles. The molecule has 1 aliphatic heterocycles. The summed E-state index contributed by atoms with van der Waals surface area (Å²) in [7, 11) is -3.32. The average Bonchev–Trinajstić information content (AvgIpc) is 2.85. The van der Waals surface area contributed by atoms with Crippen molar-refractivity contribution in [2.45, 2.75) is 43.9 Å². The summed E-state index contributed by atoms with van der Waals surface area (Å²) in [6.45, 7) is 5.88. The van der Waals surface area contributed by atoms with Crippen LogP contribution in [0, 0.1) is 5.92 Å². The molecule has 0 radical (unpaired) electrons. The van der Waals surface area contributed by atoms with Gasteiger partial charge in [-0.2, -0.15) is 0 Å². The summed E-state index contributed by atoms with van der Waals surface area (Å²) in [5.41, 5.74) is 2.96. The van der Waals surface area contributed by atoms with Crippen LogP contribution in [-0.2, 0) is 22.7 Å². The molecule has 0 saturated heterocycles. The highest BCUT2D eigenvalue weighted by molar-refractivity contribution is 7.92. The molecule has 1 unspecified atom stereocenters. The van der Waals surface area contributed by atoms with E-state index >= 15 is 0 Å². The lowest BCUT2D eigenvalue weighted by Gasteiger charge is -2.11. The SMILES string of the molecule is CCc1cc2nc3c(nc2[nH]1)CC(C(C)C)S3(=O)=O. The number of hydrogen-bond donors (Lipinski definition) is 1. The van der Waals surface area contributed by atoms with Crippen molar-refractivity contribution in [3.63, 3.8) is 0 Å². The van der Waals surface area contributed by atoms with E-state index in [1.54, 1.807) is 0 Å². The largest absolute Gasteiger partial charge is 0.342 e. The predicted molar refractivity (Wildman–Crippen MR) is 72.8 cm³/mol. The zero-order valence-corrected chi connectivity index (χ0v) is 12.1. The Bertz CT molecular complexity index is 747. The van der Waals surface area contributed by atoms with Gasteiger partial charge in [0, 0.05) is 12.1 Å². The van der Waals surface area contributed by atoms with Gasteiger partial charge in [0.1, 0.15) is 5.52 Å². The molecule has 6 heteroatoms. The van der Waals surface area contributed by atoms with E-state index in [0.29, 0.717) is 23.3 Å². The third-order valence-electron chi connectivity index (χ3n) is 3.74. The molecule has 5 nitrogen and oxygen atoms in total. The van der Waals surface area contributed by atoms with Gasteiger partial charge in [-0.15, -0.1) is 0 Å².